The molecule has 0 aliphatic heterocycles. The van der Waals surface area contributed by atoms with Crippen LogP contribution in [-0.4, -0.2) is 8.42 Å². The Balaban J connectivity index is 2.23. The second-order valence-electron chi connectivity index (χ2n) is 5.77. The molecule has 1 N–H and O–H groups in total. The zero-order chi connectivity index (χ0) is 17.0. The highest BCUT2D eigenvalue weighted by Crippen LogP contribution is 2.25. The summed E-state index contributed by atoms with van der Waals surface area (Å²) in [6.07, 6.45) is 3.29. The maximum absolute atomic E-state index is 12.6. The van der Waals surface area contributed by atoms with Crippen LogP contribution < -0.4 is 4.72 Å². The van der Waals surface area contributed by atoms with E-state index >= 15 is 0 Å². The van der Waals surface area contributed by atoms with Gasteiger partial charge in [0.25, 0.3) is 10.0 Å². The number of halogens is 1. The largest absolute Gasteiger partial charge is 0.280 e. The van der Waals surface area contributed by atoms with Crippen molar-refractivity contribution in [2.24, 2.45) is 0 Å². The molecule has 2 rings (SSSR count). The Morgan fingerprint density at radius 1 is 1.04 bits per heavy atom. The van der Waals surface area contributed by atoms with Gasteiger partial charge in [0.05, 0.1) is 4.90 Å². The molecule has 3 nitrogen and oxygen atoms in total. The number of aryl methyl sites for hydroxylation is 3. The minimum atomic E-state index is -3.62. The first-order valence-corrected chi connectivity index (χ1v) is 9.58. The van der Waals surface area contributed by atoms with Gasteiger partial charge in [-0.2, -0.15) is 0 Å². The zero-order valence-corrected chi connectivity index (χ0v) is 15.3. The summed E-state index contributed by atoms with van der Waals surface area (Å²) >= 11 is 6.04. The van der Waals surface area contributed by atoms with Crippen LogP contribution in [0.15, 0.2) is 41.3 Å². The summed E-state index contributed by atoms with van der Waals surface area (Å²) in [5.41, 5.74) is 3.16. The van der Waals surface area contributed by atoms with Gasteiger partial charge in [-0.3, -0.25) is 4.72 Å². The molecule has 0 saturated carbocycles. The van der Waals surface area contributed by atoms with Crippen LogP contribution in [0, 0.1) is 13.8 Å². The van der Waals surface area contributed by atoms with Crippen LogP contribution in [0.2, 0.25) is 5.02 Å². The number of sulfonamides is 1. The highest BCUT2D eigenvalue weighted by atomic mass is 35.5. The monoisotopic (exact) mass is 351 g/mol. The number of rotatable bonds is 6. The van der Waals surface area contributed by atoms with E-state index < -0.39 is 10.0 Å². The lowest BCUT2D eigenvalue weighted by Gasteiger charge is -2.12. The molecular weight excluding hydrogens is 330 g/mol. The van der Waals surface area contributed by atoms with Gasteiger partial charge in [0.15, 0.2) is 0 Å². The highest BCUT2D eigenvalue weighted by Gasteiger charge is 2.18. The molecule has 2 aromatic rings. The summed E-state index contributed by atoms with van der Waals surface area (Å²) < 4.78 is 27.8. The third-order valence-electron chi connectivity index (χ3n) is 3.77. The number of benzene rings is 2. The topological polar surface area (TPSA) is 46.2 Å². The van der Waals surface area contributed by atoms with Crippen molar-refractivity contribution < 1.29 is 8.42 Å². The Hall–Kier alpha value is -1.52. The molecule has 0 fully saturated rings. The molecule has 23 heavy (non-hydrogen) atoms. The maximum Gasteiger partial charge on any atom is 0.262 e. The molecular formula is C18H22ClNO2S. The van der Waals surface area contributed by atoms with Crippen LogP contribution in [0.25, 0.3) is 0 Å². The van der Waals surface area contributed by atoms with Gasteiger partial charge in [0.2, 0.25) is 0 Å². The van der Waals surface area contributed by atoms with Crippen molar-refractivity contribution in [3.05, 3.63) is 58.1 Å². The van der Waals surface area contributed by atoms with Gasteiger partial charge < -0.3 is 0 Å². The maximum atomic E-state index is 12.6. The lowest BCUT2D eigenvalue weighted by molar-refractivity contribution is 0.600. The Kier molecular flexibility index (Phi) is 5.71. The van der Waals surface area contributed by atoms with Gasteiger partial charge in [-0.1, -0.05) is 37.1 Å². The third-order valence-corrected chi connectivity index (χ3v) is 5.70. The van der Waals surface area contributed by atoms with Gasteiger partial charge in [0.1, 0.15) is 0 Å². The number of hydrogen-bond donors (Lipinski definition) is 1. The average molecular weight is 352 g/mol. The number of nitrogens with one attached hydrogen (secondary N) is 1. The summed E-state index contributed by atoms with van der Waals surface area (Å²) in [6, 6.07) is 10.8. The average Bonchev–Trinajstić information content (AvgIpc) is 2.49. The Morgan fingerprint density at radius 2 is 1.70 bits per heavy atom. The van der Waals surface area contributed by atoms with Gasteiger partial charge in [-0.25, -0.2) is 8.42 Å². The van der Waals surface area contributed by atoms with E-state index in [2.05, 4.69) is 11.6 Å². The first-order valence-electron chi connectivity index (χ1n) is 7.72. The highest BCUT2D eigenvalue weighted by molar-refractivity contribution is 7.92. The van der Waals surface area contributed by atoms with Crippen molar-refractivity contribution in [1.82, 2.24) is 0 Å². The second kappa shape index (κ2) is 7.37. The molecule has 0 spiro atoms. The SMILES string of the molecule is CCCCc1ccc(NS(=O)(=O)c2cc(C)c(Cl)cc2C)cc1. The number of anilines is 1. The molecule has 0 heterocycles. The van der Waals surface area contributed by atoms with Crippen LogP contribution in [0.3, 0.4) is 0 Å². The fourth-order valence-electron chi connectivity index (χ4n) is 2.37. The lowest BCUT2D eigenvalue weighted by atomic mass is 10.1. The van der Waals surface area contributed by atoms with E-state index in [1.807, 2.05) is 12.1 Å². The minimum absolute atomic E-state index is 0.259. The standard InChI is InChI=1S/C18H22ClNO2S/c1-4-5-6-15-7-9-16(10-8-15)20-23(21,22)18-12-13(2)17(19)11-14(18)3/h7-12,20H,4-6H2,1-3H3. The van der Waals surface area contributed by atoms with Crippen molar-refractivity contribution >= 4 is 27.3 Å². The smallest absolute Gasteiger partial charge is 0.262 e. The molecule has 124 valence electrons. The van der Waals surface area contributed by atoms with Crippen molar-refractivity contribution in [2.45, 2.75) is 44.9 Å². The first-order chi connectivity index (χ1) is 10.8. The summed E-state index contributed by atoms with van der Waals surface area (Å²) in [7, 11) is -3.62. The molecule has 0 bridgehead atoms. The molecule has 0 unspecified atom stereocenters. The Morgan fingerprint density at radius 3 is 2.30 bits per heavy atom. The zero-order valence-electron chi connectivity index (χ0n) is 13.7. The molecule has 0 saturated heterocycles. The van der Waals surface area contributed by atoms with Gasteiger partial charge in [-0.15, -0.1) is 0 Å². The molecule has 0 radical (unpaired) electrons. The van der Waals surface area contributed by atoms with Crippen molar-refractivity contribution in [3.63, 3.8) is 0 Å². The van der Waals surface area contributed by atoms with Crippen LogP contribution >= 0.6 is 11.6 Å². The lowest BCUT2D eigenvalue weighted by Crippen LogP contribution is -2.14. The van der Waals surface area contributed by atoms with E-state index in [1.165, 1.54) is 5.56 Å². The summed E-state index contributed by atoms with van der Waals surface area (Å²) in [4.78, 5) is 0.259. The van der Waals surface area contributed by atoms with E-state index in [0.29, 0.717) is 16.3 Å². The molecule has 0 aromatic heterocycles. The van der Waals surface area contributed by atoms with E-state index in [9.17, 15) is 8.42 Å². The normalized spacial score (nSPS) is 11.5. The summed E-state index contributed by atoms with van der Waals surface area (Å²) in [6.45, 7) is 5.69. The minimum Gasteiger partial charge on any atom is -0.280 e. The van der Waals surface area contributed by atoms with Crippen molar-refractivity contribution in [2.75, 3.05) is 4.72 Å². The second-order valence-corrected chi connectivity index (χ2v) is 7.83. The van der Waals surface area contributed by atoms with Gasteiger partial charge >= 0.3 is 0 Å². The molecule has 0 amide bonds. The van der Waals surface area contributed by atoms with E-state index in [-0.39, 0.29) is 4.90 Å². The molecule has 0 aliphatic carbocycles. The van der Waals surface area contributed by atoms with Crippen LogP contribution in [0.1, 0.15) is 36.5 Å². The number of unbranched alkanes of at least 4 members (excludes halogenated alkanes) is 1. The van der Waals surface area contributed by atoms with E-state index in [4.69, 9.17) is 11.6 Å². The van der Waals surface area contributed by atoms with Crippen LogP contribution in [0.4, 0.5) is 5.69 Å². The Bertz CT molecular complexity index is 783. The molecule has 2 aromatic carbocycles. The van der Waals surface area contributed by atoms with Gasteiger partial charge in [-0.05, 0) is 67.6 Å². The van der Waals surface area contributed by atoms with Gasteiger partial charge in [0, 0.05) is 10.7 Å². The molecule has 5 heteroatoms. The van der Waals surface area contributed by atoms with E-state index in [0.717, 1.165) is 24.8 Å². The fraction of sp³-hybridized carbons (Fsp3) is 0.333. The van der Waals surface area contributed by atoms with Crippen molar-refractivity contribution in [1.29, 1.82) is 0 Å². The fourth-order valence-corrected chi connectivity index (χ4v) is 3.96. The quantitative estimate of drug-likeness (QED) is 0.786. The predicted molar refractivity (Wildman–Crippen MR) is 96.8 cm³/mol. The van der Waals surface area contributed by atoms with Crippen molar-refractivity contribution in [3.8, 4) is 0 Å². The van der Waals surface area contributed by atoms with Crippen LogP contribution in [0.5, 0.6) is 0 Å². The third kappa shape index (κ3) is 4.49. The summed E-state index contributed by atoms with van der Waals surface area (Å²) in [5.74, 6) is 0. The molecule has 0 atom stereocenters. The summed E-state index contributed by atoms with van der Waals surface area (Å²) in [5, 5.41) is 0.571. The Labute approximate surface area is 143 Å². The van der Waals surface area contributed by atoms with Crippen LogP contribution in [-0.2, 0) is 16.4 Å². The predicted octanol–water partition coefficient (Wildman–Crippen LogP) is 5.10. The molecule has 0 aliphatic rings. The van der Waals surface area contributed by atoms with E-state index in [1.54, 1.807) is 38.1 Å². The number of hydrogen-bond acceptors (Lipinski definition) is 2. The first kappa shape index (κ1) is 17.8.